The van der Waals surface area contributed by atoms with E-state index in [4.69, 9.17) is 4.42 Å². The third-order valence-electron chi connectivity index (χ3n) is 1.92. The summed E-state index contributed by atoms with van der Waals surface area (Å²) in [6.45, 7) is 0. The van der Waals surface area contributed by atoms with Gasteiger partial charge in [-0.3, -0.25) is 4.79 Å². The minimum Gasteiger partial charge on any atom is -0.507 e. The Morgan fingerprint density at radius 2 is 1.93 bits per heavy atom. The van der Waals surface area contributed by atoms with Crippen molar-refractivity contribution in [2.24, 2.45) is 0 Å². The molecule has 1 aromatic heterocycles. The summed E-state index contributed by atoms with van der Waals surface area (Å²) in [4.78, 5) is 21.5. The summed E-state index contributed by atoms with van der Waals surface area (Å²) in [7, 11) is 0. The second-order valence-corrected chi connectivity index (χ2v) is 2.79. The number of carbonyl (C=O) groups is 1. The molecule has 1 heterocycles. The molecule has 0 spiro atoms. The molecule has 2 aromatic rings. The predicted molar refractivity (Wildman–Crippen MR) is 49.5 cm³/mol. The predicted octanol–water partition coefficient (Wildman–Crippen LogP) is 1.31. The minimum absolute atomic E-state index is 0.000185. The lowest BCUT2D eigenvalue weighted by atomic mass is 10.1. The van der Waals surface area contributed by atoms with E-state index in [-0.39, 0.29) is 16.9 Å². The van der Waals surface area contributed by atoms with Gasteiger partial charge in [0.25, 0.3) is 0 Å². The summed E-state index contributed by atoms with van der Waals surface area (Å²) in [5.74, 6) is -0.193. The lowest BCUT2D eigenvalue weighted by Crippen LogP contribution is -1.96. The van der Waals surface area contributed by atoms with Crippen LogP contribution in [-0.4, -0.2) is 11.4 Å². The second-order valence-electron chi connectivity index (χ2n) is 2.79. The lowest BCUT2D eigenvalue weighted by Gasteiger charge is -2.00. The first kappa shape index (κ1) is 8.50. The van der Waals surface area contributed by atoms with Crippen LogP contribution in [0.5, 0.6) is 5.75 Å². The van der Waals surface area contributed by atoms with E-state index in [1.807, 2.05) is 0 Å². The molecule has 0 fully saturated rings. The molecule has 4 nitrogen and oxygen atoms in total. The average Bonchev–Trinajstić information content (AvgIpc) is 2.17. The zero-order valence-electron chi connectivity index (χ0n) is 7.06. The molecule has 0 saturated heterocycles. The van der Waals surface area contributed by atoms with Crippen LogP contribution >= 0.6 is 0 Å². The topological polar surface area (TPSA) is 67.5 Å². The monoisotopic (exact) mass is 190 g/mol. The van der Waals surface area contributed by atoms with Gasteiger partial charge in [0.15, 0.2) is 11.9 Å². The van der Waals surface area contributed by atoms with Crippen LogP contribution in [0, 0.1) is 0 Å². The Morgan fingerprint density at radius 3 is 2.64 bits per heavy atom. The highest BCUT2D eigenvalue weighted by Crippen LogP contribution is 2.23. The zero-order chi connectivity index (χ0) is 10.1. The highest BCUT2D eigenvalue weighted by Gasteiger charge is 2.08. The first-order chi connectivity index (χ1) is 6.72. The van der Waals surface area contributed by atoms with Gasteiger partial charge < -0.3 is 9.52 Å². The van der Waals surface area contributed by atoms with Crippen LogP contribution in [0.4, 0.5) is 0 Å². The van der Waals surface area contributed by atoms with E-state index < -0.39 is 5.63 Å². The molecule has 1 aromatic carbocycles. The van der Waals surface area contributed by atoms with Crippen molar-refractivity contribution < 1.29 is 14.3 Å². The summed E-state index contributed by atoms with van der Waals surface area (Å²) in [5, 5.41) is 9.91. The third kappa shape index (κ3) is 1.17. The normalized spacial score (nSPS) is 10.3. The van der Waals surface area contributed by atoms with Crippen LogP contribution in [-0.2, 0) is 0 Å². The SMILES string of the molecule is O=Cc1c(O)ccc2ccc(=O)oc12. The van der Waals surface area contributed by atoms with Gasteiger partial charge in [0.05, 0.1) is 5.56 Å². The van der Waals surface area contributed by atoms with Gasteiger partial charge in [-0.25, -0.2) is 4.79 Å². The average molecular weight is 190 g/mol. The number of hydrogen-bond acceptors (Lipinski definition) is 4. The van der Waals surface area contributed by atoms with Crippen molar-refractivity contribution in [3.63, 3.8) is 0 Å². The Bertz CT molecular complexity index is 554. The second kappa shape index (κ2) is 2.99. The fourth-order valence-corrected chi connectivity index (χ4v) is 1.26. The van der Waals surface area contributed by atoms with Crippen LogP contribution in [0.15, 0.2) is 33.5 Å². The largest absolute Gasteiger partial charge is 0.507 e. The molecule has 2 rings (SSSR count). The molecule has 0 radical (unpaired) electrons. The number of fused-ring (bicyclic) bond motifs is 1. The van der Waals surface area contributed by atoms with Crippen molar-refractivity contribution in [2.75, 3.05) is 0 Å². The zero-order valence-corrected chi connectivity index (χ0v) is 7.06. The number of aromatic hydroxyl groups is 1. The molecule has 4 heteroatoms. The Labute approximate surface area is 78.4 Å². The van der Waals surface area contributed by atoms with Gasteiger partial charge in [-0.05, 0) is 18.2 Å². The molecular weight excluding hydrogens is 184 g/mol. The quantitative estimate of drug-likeness (QED) is 0.543. The Kier molecular flexibility index (Phi) is 1.81. The van der Waals surface area contributed by atoms with Gasteiger partial charge >= 0.3 is 5.63 Å². The van der Waals surface area contributed by atoms with Crippen LogP contribution < -0.4 is 5.63 Å². The van der Waals surface area contributed by atoms with Gasteiger partial charge in [0.2, 0.25) is 0 Å². The minimum atomic E-state index is -0.550. The number of benzene rings is 1. The van der Waals surface area contributed by atoms with E-state index >= 15 is 0 Å². The third-order valence-corrected chi connectivity index (χ3v) is 1.92. The molecule has 0 aliphatic rings. The molecule has 0 saturated carbocycles. The molecule has 0 amide bonds. The first-order valence-electron chi connectivity index (χ1n) is 3.93. The highest BCUT2D eigenvalue weighted by molar-refractivity contribution is 5.97. The van der Waals surface area contributed by atoms with Crippen LogP contribution in [0.3, 0.4) is 0 Å². The number of phenolic OH excluding ortho intramolecular Hbond substituents is 1. The summed E-state index contributed by atoms with van der Waals surface area (Å²) >= 11 is 0. The van der Waals surface area contributed by atoms with Crippen molar-refractivity contribution in [1.29, 1.82) is 0 Å². The van der Waals surface area contributed by atoms with Crippen molar-refractivity contribution in [3.8, 4) is 5.75 Å². The van der Waals surface area contributed by atoms with Crippen LogP contribution in [0.2, 0.25) is 0 Å². The number of rotatable bonds is 1. The maximum Gasteiger partial charge on any atom is 0.336 e. The van der Waals surface area contributed by atoms with Gasteiger partial charge in [-0.15, -0.1) is 0 Å². The van der Waals surface area contributed by atoms with Crippen LogP contribution in [0.1, 0.15) is 10.4 Å². The van der Waals surface area contributed by atoms with Crippen molar-refractivity contribution in [3.05, 3.63) is 40.2 Å². The fourth-order valence-electron chi connectivity index (χ4n) is 1.26. The number of aldehydes is 1. The molecule has 0 bridgehead atoms. The Hall–Kier alpha value is -2.10. The van der Waals surface area contributed by atoms with Crippen molar-refractivity contribution in [2.45, 2.75) is 0 Å². The Morgan fingerprint density at radius 1 is 1.21 bits per heavy atom. The molecule has 14 heavy (non-hydrogen) atoms. The number of carbonyl (C=O) groups excluding carboxylic acids is 1. The fraction of sp³-hybridized carbons (Fsp3) is 0. The first-order valence-corrected chi connectivity index (χ1v) is 3.93. The van der Waals surface area contributed by atoms with E-state index in [2.05, 4.69) is 0 Å². The van der Waals surface area contributed by atoms with E-state index in [9.17, 15) is 14.7 Å². The highest BCUT2D eigenvalue weighted by atomic mass is 16.4. The van der Waals surface area contributed by atoms with E-state index in [0.29, 0.717) is 11.7 Å². The van der Waals surface area contributed by atoms with E-state index in [0.717, 1.165) is 0 Å². The smallest absolute Gasteiger partial charge is 0.336 e. The molecule has 0 unspecified atom stereocenters. The molecule has 0 aliphatic carbocycles. The molecular formula is C10H6O4. The van der Waals surface area contributed by atoms with Crippen molar-refractivity contribution in [1.82, 2.24) is 0 Å². The number of phenols is 1. The van der Waals surface area contributed by atoms with E-state index in [1.54, 1.807) is 6.07 Å². The summed E-state index contributed by atoms with van der Waals surface area (Å²) in [6.07, 6.45) is 0.459. The molecule has 0 atom stereocenters. The standard InChI is InChI=1S/C10H6O4/c11-5-7-8(12)3-1-6-2-4-9(13)14-10(6)7/h1-5,12H. The lowest BCUT2D eigenvalue weighted by molar-refractivity contribution is 0.112. The molecule has 1 N–H and O–H groups in total. The van der Waals surface area contributed by atoms with Crippen molar-refractivity contribution >= 4 is 17.3 Å². The Balaban J connectivity index is 2.98. The summed E-state index contributed by atoms with van der Waals surface area (Å²) in [5.41, 5.74) is -0.432. The summed E-state index contributed by atoms with van der Waals surface area (Å²) < 4.78 is 4.82. The van der Waals surface area contributed by atoms with Gasteiger partial charge in [0.1, 0.15) is 5.75 Å². The molecule has 70 valence electrons. The maximum atomic E-state index is 10.9. The van der Waals surface area contributed by atoms with Crippen LogP contribution in [0.25, 0.3) is 11.0 Å². The molecule has 0 aliphatic heterocycles. The maximum absolute atomic E-state index is 10.9. The van der Waals surface area contributed by atoms with E-state index in [1.165, 1.54) is 18.2 Å². The van der Waals surface area contributed by atoms with Gasteiger partial charge in [-0.2, -0.15) is 0 Å². The number of hydrogen-bond donors (Lipinski definition) is 1. The van der Waals surface area contributed by atoms with Gasteiger partial charge in [0, 0.05) is 11.5 Å². The van der Waals surface area contributed by atoms with Gasteiger partial charge in [-0.1, -0.05) is 0 Å². The summed E-state index contributed by atoms with van der Waals surface area (Å²) in [6, 6.07) is 5.74.